The first-order valence-corrected chi connectivity index (χ1v) is 7.58. The van der Waals surface area contributed by atoms with Gasteiger partial charge in [-0.25, -0.2) is 0 Å². The summed E-state index contributed by atoms with van der Waals surface area (Å²) in [6, 6.07) is 3.49. The molecule has 4 aliphatic rings. The first kappa shape index (κ1) is 12.0. The lowest BCUT2D eigenvalue weighted by Gasteiger charge is -2.59. The third kappa shape index (κ3) is 1.09. The van der Waals surface area contributed by atoms with Gasteiger partial charge in [0, 0.05) is 18.0 Å². The summed E-state index contributed by atoms with van der Waals surface area (Å²) in [7, 11) is 0. The van der Waals surface area contributed by atoms with Crippen LogP contribution in [0.1, 0.15) is 30.4 Å². The van der Waals surface area contributed by atoms with Crippen molar-refractivity contribution in [3.8, 4) is 11.5 Å². The molecule has 5 nitrogen and oxygen atoms in total. The molecular weight excluding hydrogens is 270 g/mol. The molecule has 0 amide bonds. The third-order valence-electron chi connectivity index (χ3n) is 6.08. The number of carbonyl (C=O) groups excluding carboxylic acids is 1. The van der Waals surface area contributed by atoms with Crippen molar-refractivity contribution in [1.82, 2.24) is 5.32 Å². The van der Waals surface area contributed by atoms with Crippen LogP contribution < -0.4 is 10.1 Å². The van der Waals surface area contributed by atoms with Gasteiger partial charge in [0.15, 0.2) is 23.4 Å². The van der Waals surface area contributed by atoms with Gasteiger partial charge in [0.1, 0.15) is 0 Å². The molecule has 2 heterocycles. The smallest absolute Gasteiger partial charge is 0.174 e. The van der Waals surface area contributed by atoms with Crippen LogP contribution in [0.4, 0.5) is 0 Å². The number of aromatic hydroxyl groups is 1. The number of carbonyl (C=O) groups is 1. The van der Waals surface area contributed by atoms with Gasteiger partial charge in [-0.1, -0.05) is 6.07 Å². The predicted octanol–water partition coefficient (Wildman–Crippen LogP) is 0.403. The van der Waals surface area contributed by atoms with Crippen molar-refractivity contribution in [2.45, 2.75) is 48.8 Å². The van der Waals surface area contributed by atoms with Crippen LogP contribution >= 0.6 is 0 Å². The zero-order valence-electron chi connectivity index (χ0n) is 11.6. The van der Waals surface area contributed by atoms with E-state index in [1.54, 1.807) is 6.07 Å². The largest absolute Gasteiger partial charge is 0.504 e. The van der Waals surface area contributed by atoms with Gasteiger partial charge in [0.2, 0.25) is 0 Å². The summed E-state index contributed by atoms with van der Waals surface area (Å²) in [5, 5.41) is 25.0. The molecule has 1 aromatic rings. The van der Waals surface area contributed by atoms with Crippen LogP contribution in [0, 0.1) is 0 Å². The number of phenolic OH excluding ortho intramolecular Hbond substituents is 1. The third-order valence-corrected chi connectivity index (χ3v) is 6.08. The van der Waals surface area contributed by atoms with Crippen molar-refractivity contribution in [1.29, 1.82) is 0 Å². The lowest BCUT2D eigenvalue weighted by atomic mass is 9.49. The Morgan fingerprint density at radius 1 is 1.33 bits per heavy atom. The zero-order chi connectivity index (χ0) is 14.4. The number of ketones is 1. The average Bonchev–Trinajstić information content (AvgIpc) is 2.80. The zero-order valence-corrected chi connectivity index (χ0v) is 11.6. The van der Waals surface area contributed by atoms with Crippen LogP contribution in [0.15, 0.2) is 12.1 Å². The van der Waals surface area contributed by atoms with E-state index in [4.69, 9.17) is 4.74 Å². The van der Waals surface area contributed by atoms with Crippen molar-refractivity contribution in [3.63, 3.8) is 0 Å². The van der Waals surface area contributed by atoms with Gasteiger partial charge < -0.3 is 20.3 Å². The van der Waals surface area contributed by atoms with Crippen molar-refractivity contribution < 1.29 is 19.7 Å². The highest BCUT2D eigenvalue weighted by atomic mass is 16.5. The van der Waals surface area contributed by atoms with Crippen LogP contribution in [0.3, 0.4) is 0 Å². The highest BCUT2D eigenvalue weighted by molar-refractivity contribution is 5.90. The number of rotatable bonds is 0. The SMILES string of the molecule is O=C1CC[C@]2(O)[C@@H]3Cc4ccc(O)c5c4C2(CCN3)[C@@H]1O5. The fourth-order valence-corrected chi connectivity index (χ4v) is 5.22. The second-order valence-corrected chi connectivity index (χ2v) is 6.77. The molecule has 2 fully saturated rings. The minimum absolute atomic E-state index is 0.0452. The number of ether oxygens (including phenoxy) is 1. The van der Waals surface area contributed by atoms with E-state index in [0.717, 1.165) is 17.7 Å². The number of hydrogen-bond acceptors (Lipinski definition) is 5. The second-order valence-electron chi connectivity index (χ2n) is 6.77. The highest BCUT2D eigenvalue weighted by Gasteiger charge is 2.71. The topological polar surface area (TPSA) is 78.8 Å². The second kappa shape index (κ2) is 3.42. The number of benzene rings is 1. The van der Waals surface area contributed by atoms with E-state index in [0.29, 0.717) is 31.4 Å². The molecule has 1 saturated carbocycles. The van der Waals surface area contributed by atoms with Crippen molar-refractivity contribution in [2.75, 3.05) is 6.54 Å². The Hall–Kier alpha value is -1.59. The Bertz CT molecular complexity index is 687. The van der Waals surface area contributed by atoms with Crippen molar-refractivity contribution in [3.05, 3.63) is 23.3 Å². The molecule has 110 valence electrons. The van der Waals surface area contributed by atoms with Crippen molar-refractivity contribution >= 4 is 5.78 Å². The summed E-state index contributed by atoms with van der Waals surface area (Å²) in [6.45, 7) is 0.759. The Morgan fingerprint density at radius 3 is 3.05 bits per heavy atom. The summed E-state index contributed by atoms with van der Waals surface area (Å²) in [6.07, 6.45) is 1.54. The van der Waals surface area contributed by atoms with Crippen LogP contribution in [-0.4, -0.2) is 40.3 Å². The first-order valence-electron chi connectivity index (χ1n) is 7.58. The van der Waals surface area contributed by atoms with E-state index in [1.807, 2.05) is 6.07 Å². The van der Waals surface area contributed by atoms with Gasteiger partial charge in [-0.2, -0.15) is 0 Å². The molecule has 3 N–H and O–H groups in total. The molecule has 4 atom stereocenters. The normalized spacial score (nSPS) is 42.4. The minimum atomic E-state index is -0.962. The molecule has 2 aliphatic carbocycles. The predicted molar refractivity (Wildman–Crippen MR) is 73.5 cm³/mol. The van der Waals surface area contributed by atoms with E-state index in [-0.39, 0.29) is 17.6 Å². The molecule has 5 heteroatoms. The Balaban J connectivity index is 1.89. The minimum Gasteiger partial charge on any atom is -0.504 e. The summed E-state index contributed by atoms with van der Waals surface area (Å²) >= 11 is 0. The van der Waals surface area contributed by atoms with Crippen LogP contribution in [0.5, 0.6) is 11.5 Å². The van der Waals surface area contributed by atoms with E-state index in [9.17, 15) is 15.0 Å². The Kier molecular flexibility index (Phi) is 1.95. The maximum atomic E-state index is 12.4. The molecule has 21 heavy (non-hydrogen) atoms. The molecule has 5 rings (SSSR count). The molecule has 2 aliphatic heterocycles. The van der Waals surface area contributed by atoms with Gasteiger partial charge >= 0.3 is 0 Å². The summed E-state index contributed by atoms with van der Waals surface area (Å²) < 4.78 is 5.90. The highest BCUT2D eigenvalue weighted by Crippen LogP contribution is 2.63. The van der Waals surface area contributed by atoms with E-state index in [1.165, 1.54) is 0 Å². The Morgan fingerprint density at radius 2 is 2.19 bits per heavy atom. The summed E-state index contributed by atoms with van der Waals surface area (Å²) in [4.78, 5) is 12.4. The van der Waals surface area contributed by atoms with Gasteiger partial charge in [0.25, 0.3) is 0 Å². The fourth-order valence-electron chi connectivity index (χ4n) is 5.22. The quantitative estimate of drug-likeness (QED) is 0.644. The average molecular weight is 287 g/mol. The van der Waals surface area contributed by atoms with Gasteiger partial charge in [0.05, 0.1) is 11.0 Å². The molecule has 0 radical (unpaired) electrons. The first-order chi connectivity index (χ1) is 10.1. The van der Waals surface area contributed by atoms with Gasteiger partial charge in [-0.15, -0.1) is 0 Å². The molecule has 2 bridgehead atoms. The maximum absolute atomic E-state index is 12.4. The molecule has 1 unspecified atom stereocenters. The summed E-state index contributed by atoms with van der Waals surface area (Å²) in [5.41, 5.74) is 0.332. The number of hydrogen-bond donors (Lipinski definition) is 3. The van der Waals surface area contributed by atoms with E-state index >= 15 is 0 Å². The molecular formula is C16H17NO4. The maximum Gasteiger partial charge on any atom is 0.174 e. The number of piperidine rings is 1. The van der Waals surface area contributed by atoms with E-state index in [2.05, 4.69) is 5.32 Å². The molecule has 1 spiro atoms. The number of nitrogens with one attached hydrogen (secondary N) is 1. The van der Waals surface area contributed by atoms with Crippen LogP contribution in [0.25, 0.3) is 0 Å². The van der Waals surface area contributed by atoms with E-state index < -0.39 is 17.1 Å². The molecule has 1 saturated heterocycles. The number of phenols is 1. The Labute approximate surface area is 121 Å². The summed E-state index contributed by atoms with van der Waals surface area (Å²) in [5.74, 6) is 0.542. The number of aliphatic hydroxyl groups is 1. The van der Waals surface area contributed by atoms with Gasteiger partial charge in [-0.05, 0) is 37.4 Å². The standard InChI is InChI=1S/C16H17NO4/c18-9-2-1-8-7-11-16(20)4-3-10(19)14-15(16,5-6-17-11)12(8)13(9)21-14/h1-2,11,14,17-18,20H,3-7H2/t11-,14+,15?,16-/m0/s1. The van der Waals surface area contributed by atoms with Crippen molar-refractivity contribution in [2.24, 2.45) is 0 Å². The van der Waals surface area contributed by atoms with Gasteiger partial charge in [-0.3, -0.25) is 4.79 Å². The van der Waals surface area contributed by atoms with Crippen LogP contribution in [0.2, 0.25) is 0 Å². The van der Waals surface area contributed by atoms with Crippen LogP contribution in [-0.2, 0) is 16.6 Å². The lowest BCUT2D eigenvalue weighted by molar-refractivity contribution is -0.166. The molecule has 0 aromatic heterocycles. The molecule has 1 aromatic carbocycles. The monoisotopic (exact) mass is 287 g/mol. The lowest BCUT2D eigenvalue weighted by Crippen LogP contribution is -2.76. The number of Topliss-reactive ketones (excluding diaryl/α,β-unsaturated/α-hetero) is 1. The fraction of sp³-hybridized carbons (Fsp3) is 0.562.